The summed E-state index contributed by atoms with van der Waals surface area (Å²) in [7, 11) is 1.89. The van der Waals surface area contributed by atoms with Gasteiger partial charge in [-0.3, -0.25) is 4.79 Å². The molecule has 0 aliphatic carbocycles. The molecule has 7 heteroatoms. The fraction of sp³-hybridized carbons (Fsp3) is 0.174. The van der Waals surface area contributed by atoms with Crippen LogP contribution in [0.2, 0.25) is 0 Å². The second-order valence-electron chi connectivity index (χ2n) is 6.99. The topological polar surface area (TPSA) is 83.6 Å². The van der Waals surface area contributed by atoms with Crippen LogP contribution in [-0.2, 0) is 4.79 Å². The lowest BCUT2D eigenvalue weighted by molar-refractivity contribution is -0.137. The Hall–Kier alpha value is -3.45. The molecule has 2 aromatic carbocycles. The van der Waals surface area contributed by atoms with E-state index in [4.69, 9.17) is 9.52 Å². The van der Waals surface area contributed by atoms with Crippen molar-refractivity contribution in [3.63, 3.8) is 0 Å². The first-order valence-electron chi connectivity index (χ1n) is 9.53. The number of hydrogen-bond acceptors (Lipinski definition) is 6. The Bertz CT molecular complexity index is 1250. The Morgan fingerprint density at radius 3 is 2.73 bits per heavy atom. The van der Waals surface area contributed by atoms with Crippen molar-refractivity contribution >= 4 is 34.0 Å². The largest absolute Gasteiger partial charge is 0.481 e. The van der Waals surface area contributed by atoms with Gasteiger partial charge in [0.1, 0.15) is 10.6 Å². The van der Waals surface area contributed by atoms with E-state index in [1.807, 2.05) is 65.9 Å². The molecule has 6 nitrogen and oxygen atoms in total. The number of aromatic nitrogens is 1. The molecule has 4 aromatic rings. The lowest BCUT2D eigenvalue weighted by Gasteiger charge is -2.19. The zero-order valence-corrected chi connectivity index (χ0v) is 17.2. The number of carbonyl (C=O) groups is 1. The standard InChI is InChI=1S/C23H20N2O4S/c1-25(11-5-8-21(26)27)17-10-9-16-12-18(23(28)29-20(16)13-17)22-24-19(14-30-22)15-6-3-2-4-7-15/h2-4,6-7,9-10,12-14H,5,8,11H2,1H3,(H,26,27). The first-order valence-corrected chi connectivity index (χ1v) is 10.4. The first-order chi connectivity index (χ1) is 14.5. The Balaban J connectivity index is 1.61. The summed E-state index contributed by atoms with van der Waals surface area (Å²) in [6, 6.07) is 17.3. The molecular formula is C23H20N2O4S. The molecule has 30 heavy (non-hydrogen) atoms. The summed E-state index contributed by atoms with van der Waals surface area (Å²) in [6.45, 7) is 0.599. The van der Waals surface area contributed by atoms with E-state index in [-0.39, 0.29) is 6.42 Å². The summed E-state index contributed by atoms with van der Waals surface area (Å²) in [6.07, 6.45) is 0.662. The van der Waals surface area contributed by atoms with Crippen LogP contribution in [0.15, 0.2) is 69.2 Å². The number of carboxylic acids is 1. The molecule has 0 bridgehead atoms. The van der Waals surface area contributed by atoms with E-state index in [9.17, 15) is 9.59 Å². The lowest BCUT2D eigenvalue weighted by atomic mass is 10.1. The average Bonchev–Trinajstić information content (AvgIpc) is 3.23. The molecule has 4 rings (SSSR count). The number of rotatable bonds is 7. The van der Waals surface area contributed by atoms with Gasteiger partial charge in [-0.15, -0.1) is 11.3 Å². The second kappa shape index (κ2) is 8.51. The first kappa shape index (κ1) is 19.8. The van der Waals surface area contributed by atoms with Crippen molar-refractivity contribution in [3.8, 4) is 21.8 Å². The van der Waals surface area contributed by atoms with Gasteiger partial charge in [0.05, 0.1) is 11.3 Å². The van der Waals surface area contributed by atoms with Crippen molar-refractivity contribution in [2.75, 3.05) is 18.5 Å². The van der Waals surface area contributed by atoms with E-state index in [0.29, 0.717) is 29.1 Å². The zero-order chi connectivity index (χ0) is 21.1. The highest BCUT2D eigenvalue weighted by atomic mass is 32.1. The molecule has 1 N–H and O–H groups in total. The predicted molar refractivity (Wildman–Crippen MR) is 119 cm³/mol. The molecule has 2 aromatic heterocycles. The van der Waals surface area contributed by atoms with Gasteiger partial charge in [-0.25, -0.2) is 9.78 Å². The monoisotopic (exact) mass is 420 g/mol. The third-order valence-electron chi connectivity index (χ3n) is 4.85. The Labute approximate surface area is 177 Å². The van der Waals surface area contributed by atoms with Crippen molar-refractivity contribution in [2.24, 2.45) is 0 Å². The Kier molecular flexibility index (Phi) is 5.63. The molecule has 0 saturated heterocycles. The van der Waals surface area contributed by atoms with Crippen molar-refractivity contribution < 1.29 is 14.3 Å². The van der Waals surface area contributed by atoms with Crippen molar-refractivity contribution in [1.82, 2.24) is 4.98 Å². The number of aliphatic carboxylic acids is 1. The maximum absolute atomic E-state index is 12.6. The van der Waals surface area contributed by atoms with Gasteiger partial charge in [-0.2, -0.15) is 0 Å². The predicted octanol–water partition coefficient (Wildman–Crippen LogP) is 4.88. The van der Waals surface area contributed by atoms with Gasteiger partial charge >= 0.3 is 11.6 Å². The molecular weight excluding hydrogens is 400 g/mol. The van der Waals surface area contributed by atoms with Crippen LogP contribution in [0, 0.1) is 0 Å². The Morgan fingerprint density at radius 2 is 1.97 bits per heavy atom. The van der Waals surface area contributed by atoms with Crippen LogP contribution in [-0.4, -0.2) is 29.7 Å². The van der Waals surface area contributed by atoms with Crippen LogP contribution in [0.25, 0.3) is 32.8 Å². The number of thiazole rings is 1. The number of fused-ring (bicyclic) bond motifs is 1. The molecule has 0 atom stereocenters. The number of nitrogens with zero attached hydrogens (tertiary/aromatic N) is 2. The fourth-order valence-electron chi connectivity index (χ4n) is 3.22. The second-order valence-corrected chi connectivity index (χ2v) is 7.85. The van der Waals surface area contributed by atoms with E-state index in [0.717, 1.165) is 22.3 Å². The molecule has 0 aliphatic heterocycles. The van der Waals surface area contributed by atoms with Crippen LogP contribution < -0.4 is 10.5 Å². The molecule has 0 amide bonds. The van der Waals surface area contributed by atoms with Crippen molar-refractivity contribution in [3.05, 3.63) is 70.4 Å². The van der Waals surface area contributed by atoms with E-state index in [1.54, 1.807) is 6.07 Å². The minimum Gasteiger partial charge on any atom is -0.481 e. The number of hydrogen-bond donors (Lipinski definition) is 1. The molecule has 0 spiro atoms. The van der Waals surface area contributed by atoms with Gasteiger partial charge in [-0.1, -0.05) is 30.3 Å². The number of carboxylic acid groups (broad SMARTS) is 1. The quantitative estimate of drug-likeness (QED) is 0.429. The summed E-state index contributed by atoms with van der Waals surface area (Å²) in [5.41, 5.74) is 3.20. The SMILES string of the molecule is CN(CCCC(=O)O)c1ccc2cc(-c3nc(-c4ccccc4)cs3)c(=O)oc2c1. The number of anilines is 1. The van der Waals surface area contributed by atoms with Crippen LogP contribution in [0.5, 0.6) is 0 Å². The molecule has 0 unspecified atom stereocenters. The molecule has 0 fully saturated rings. The number of benzene rings is 2. The van der Waals surface area contributed by atoms with Crippen LogP contribution in [0.4, 0.5) is 5.69 Å². The fourth-order valence-corrected chi connectivity index (χ4v) is 4.05. The van der Waals surface area contributed by atoms with Gasteiger partial charge in [-0.05, 0) is 24.6 Å². The van der Waals surface area contributed by atoms with Gasteiger partial charge in [0.25, 0.3) is 0 Å². The van der Waals surface area contributed by atoms with Crippen molar-refractivity contribution in [2.45, 2.75) is 12.8 Å². The molecule has 0 radical (unpaired) electrons. The molecule has 152 valence electrons. The van der Waals surface area contributed by atoms with Crippen LogP contribution >= 0.6 is 11.3 Å². The van der Waals surface area contributed by atoms with E-state index in [2.05, 4.69) is 4.98 Å². The summed E-state index contributed by atoms with van der Waals surface area (Å²) in [5, 5.41) is 12.1. The smallest absolute Gasteiger partial charge is 0.346 e. The summed E-state index contributed by atoms with van der Waals surface area (Å²) in [5.74, 6) is -0.807. The third-order valence-corrected chi connectivity index (χ3v) is 5.72. The van der Waals surface area contributed by atoms with Gasteiger partial charge in [0.15, 0.2) is 0 Å². The van der Waals surface area contributed by atoms with Crippen LogP contribution in [0.3, 0.4) is 0 Å². The van der Waals surface area contributed by atoms with Crippen LogP contribution in [0.1, 0.15) is 12.8 Å². The summed E-state index contributed by atoms with van der Waals surface area (Å²) >= 11 is 1.41. The summed E-state index contributed by atoms with van der Waals surface area (Å²) in [4.78, 5) is 29.9. The Morgan fingerprint density at radius 1 is 1.17 bits per heavy atom. The molecule has 0 aliphatic rings. The van der Waals surface area contributed by atoms with E-state index in [1.165, 1.54) is 11.3 Å². The minimum absolute atomic E-state index is 0.120. The maximum atomic E-state index is 12.6. The highest BCUT2D eigenvalue weighted by Gasteiger charge is 2.14. The highest BCUT2D eigenvalue weighted by Crippen LogP contribution is 2.29. The van der Waals surface area contributed by atoms with Gasteiger partial charge in [0, 0.05) is 48.1 Å². The molecule has 0 saturated carbocycles. The lowest BCUT2D eigenvalue weighted by Crippen LogP contribution is -2.19. The summed E-state index contributed by atoms with van der Waals surface area (Å²) < 4.78 is 5.59. The van der Waals surface area contributed by atoms with Gasteiger partial charge in [0.2, 0.25) is 0 Å². The average molecular weight is 420 g/mol. The minimum atomic E-state index is -0.807. The molecule has 2 heterocycles. The zero-order valence-electron chi connectivity index (χ0n) is 16.4. The van der Waals surface area contributed by atoms with E-state index >= 15 is 0 Å². The normalized spacial score (nSPS) is 11.0. The highest BCUT2D eigenvalue weighted by molar-refractivity contribution is 7.13. The van der Waals surface area contributed by atoms with Gasteiger partial charge < -0.3 is 14.4 Å². The van der Waals surface area contributed by atoms with Crippen molar-refractivity contribution in [1.29, 1.82) is 0 Å². The van der Waals surface area contributed by atoms with E-state index < -0.39 is 11.6 Å². The maximum Gasteiger partial charge on any atom is 0.346 e. The third kappa shape index (κ3) is 4.26.